The fourth-order valence-electron chi connectivity index (χ4n) is 24.0. The molecule has 45 heteroatoms. The molecule has 142 heavy (non-hydrogen) atoms. The van der Waals surface area contributed by atoms with E-state index in [4.69, 9.17) is 32.7 Å². The molecule has 0 aliphatic carbocycles. The van der Waals surface area contributed by atoms with E-state index in [9.17, 15) is 46.3 Å². The van der Waals surface area contributed by atoms with Crippen molar-refractivity contribution in [3.63, 3.8) is 0 Å². The van der Waals surface area contributed by atoms with Crippen LogP contribution < -0.4 is 29.4 Å². The number of aromatic nitrogens is 18. The quantitative estimate of drug-likeness (QED) is 0.0491. The van der Waals surface area contributed by atoms with Crippen molar-refractivity contribution in [3.8, 4) is 42.7 Å². The average molecular weight is 1930 g/mol. The first kappa shape index (κ1) is 95.0. The number of alkyl halides is 4. The minimum Gasteiger partial charge on any atom is -0.354 e. The molecule has 12 aliphatic rings. The van der Waals surface area contributed by atoms with Crippen LogP contribution in [-0.4, -0.2) is 317 Å². The van der Waals surface area contributed by atoms with Crippen LogP contribution in [0.2, 0.25) is 0 Å². The van der Waals surface area contributed by atoms with Gasteiger partial charge in [-0.25, -0.2) is 77.4 Å². The number of rotatable bonds is 12. The Balaban J connectivity index is 0.000000108. The molecular formula is C97H105F4N35O6. The summed E-state index contributed by atoms with van der Waals surface area (Å²) in [6, 6.07) is 21.0. The lowest BCUT2D eigenvalue weighted by atomic mass is 9.74. The van der Waals surface area contributed by atoms with Gasteiger partial charge in [-0.05, 0) is 118 Å². The Morgan fingerprint density at radius 1 is 0.317 bits per heavy atom. The molecule has 6 amide bonds. The molecule has 6 spiro atoms. The SMILES string of the molecule is C#CCC(=O)N1C[C@@H](C)[C@@]12CCN(c1ncnc3[nH]ccc13)C2.C[C@@H]1CN(C(=O)CC#N)[C@@]12CCN(c1ncnc3[nH]ccc13)C2.C[C@H]1CN(C(=O)CC#N)[C@@]12CCN(c1ncnc3[nH]ccc13)C2.N#CCC(=O)N1CC(F)(F)[C@]12CCCN(c1ncnc3[nH]ccc13)C2.N#CCC(=O)N1CC(F)(F)[C@]12CCN(c1ncnc3[nH]ccc13)C2.N#CCC(=O)N1CCC[C@]12CCCN(c1ncnc3[nH]ccc13)C2. The van der Waals surface area contributed by atoms with Crippen LogP contribution in [0.1, 0.15) is 124 Å². The topological polar surface area (TPSA) is 510 Å². The number of hydrogen-bond acceptors (Lipinski definition) is 29. The molecule has 6 N–H and O–H groups in total. The minimum absolute atomic E-state index is 0.00549. The van der Waals surface area contributed by atoms with Gasteiger partial charge in [-0.15, -0.1) is 6.42 Å². The van der Waals surface area contributed by atoms with Gasteiger partial charge in [-0.2, -0.15) is 26.3 Å². The largest absolute Gasteiger partial charge is 0.354 e. The highest BCUT2D eigenvalue weighted by Crippen LogP contribution is 2.55. The second-order valence-electron chi connectivity index (χ2n) is 38.7. The third-order valence-electron chi connectivity index (χ3n) is 31.6. The lowest BCUT2D eigenvalue weighted by Crippen LogP contribution is -2.80. The molecule has 0 saturated carbocycles. The van der Waals surface area contributed by atoms with Crippen LogP contribution in [-0.2, 0) is 28.8 Å². The van der Waals surface area contributed by atoms with Crippen LogP contribution in [0.4, 0.5) is 52.5 Å². The molecule has 0 bridgehead atoms. The summed E-state index contributed by atoms with van der Waals surface area (Å²) in [7, 11) is 0. The first-order chi connectivity index (χ1) is 68.7. The predicted molar refractivity (Wildman–Crippen MR) is 511 cm³/mol. The van der Waals surface area contributed by atoms with E-state index in [2.05, 4.69) is 136 Å². The number of nitrogens with one attached hydrogen (secondary N) is 6. The Morgan fingerprint density at radius 2 is 0.570 bits per heavy atom. The summed E-state index contributed by atoms with van der Waals surface area (Å²) in [4.78, 5) is 166. The van der Waals surface area contributed by atoms with Gasteiger partial charge in [0.2, 0.25) is 35.4 Å². The van der Waals surface area contributed by atoms with E-state index in [1.165, 1.54) is 17.6 Å². The van der Waals surface area contributed by atoms with Gasteiger partial charge in [0.25, 0.3) is 11.8 Å². The number of H-pyrrole nitrogens is 6. The number of carbonyl (C=O) groups excluding carboxylic acids is 6. The van der Waals surface area contributed by atoms with Crippen LogP contribution >= 0.6 is 0 Å². The van der Waals surface area contributed by atoms with Crippen molar-refractivity contribution < 1.29 is 46.3 Å². The number of hydrogen-bond donors (Lipinski definition) is 6. The van der Waals surface area contributed by atoms with E-state index >= 15 is 0 Å². The molecule has 12 aromatic rings. The molecule has 12 fully saturated rings. The number of anilines is 6. The van der Waals surface area contributed by atoms with Gasteiger partial charge in [0.05, 0.1) is 104 Å². The maximum atomic E-state index is 14.5. The van der Waals surface area contributed by atoms with Crippen LogP contribution in [0.3, 0.4) is 0 Å². The number of aromatic amines is 6. The first-order valence-electron chi connectivity index (χ1n) is 47.7. The van der Waals surface area contributed by atoms with Gasteiger partial charge in [-0.1, -0.05) is 26.7 Å². The molecule has 24 rings (SSSR count). The predicted octanol–water partition coefficient (Wildman–Crippen LogP) is 8.83. The Hall–Kier alpha value is -15.9. The van der Waals surface area contributed by atoms with Gasteiger partial charge >= 0.3 is 0 Å². The van der Waals surface area contributed by atoms with Gasteiger partial charge in [0.1, 0.15) is 150 Å². The molecule has 732 valence electrons. The fraction of sp³-hybridized carbons (Fsp3) is 0.495. The highest BCUT2D eigenvalue weighted by atomic mass is 19.3. The van der Waals surface area contributed by atoms with Crippen molar-refractivity contribution in [3.05, 3.63) is 112 Å². The zero-order valence-corrected chi connectivity index (χ0v) is 78.7. The van der Waals surface area contributed by atoms with E-state index in [0.717, 1.165) is 207 Å². The van der Waals surface area contributed by atoms with Crippen molar-refractivity contribution in [2.75, 3.05) is 147 Å². The Kier molecular flexibility index (Phi) is 25.4. The van der Waals surface area contributed by atoms with Crippen molar-refractivity contribution in [2.45, 2.75) is 169 Å². The third kappa shape index (κ3) is 16.3. The number of fused-ring (bicyclic) bond motifs is 6. The molecule has 41 nitrogen and oxygen atoms in total. The van der Waals surface area contributed by atoms with Gasteiger partial charge in [0.15, 0.2) is 0 Å². The summed E-state index contributed by atoms with van der Waals surface area (Å²) in [5, 5.41) is 49.5. The number of amides is 6. The molecule has 24 heterocycles. The standard InChI is InChI=1S/C17H20N6O.C17H19N5O.C16H16F2N6O.2C16H18N6O.C15H14F2N6O/c18-7-3-14(24)23-10-2-6-17(23)5-1-9-22(11-17)16-13-4-8-19-15(13)20-12-21-16;1-3-4-14(23)22-9-12(2)17(22)6-8-21(10-17)16-13-5-7-18-15(13)19-11-20-16;17-16(18)9-24(12(25)2-5-19)15(16)4-1-7-23(8-15)14-11-3-6-20-13(11)21-10-22-14;2*1-11-8-22(13(23)2-5-17)16(11)4-7-21(9-16)15-12-3-6-18-14(12)19-10-20-15;16-15(17)8-23(11(24)1-4-18)14(15)3-6-22(7-14)13-10-2-5-19-12(10)20-9-21-13/h4,8,12H,1-3,5-6,9-11H2,(H,19,20,21);1,5,7,11-12H,4,6,8-10H2,2H3,(H,18,19,20);3,6,10H,1-2,4,7-9H2,(H,20,21,22);2*3,6,10-11H,2,4,7-9H2,1H3,(H,18,19,20);2,5,9H,1,3,6-8H2,(H,19,20,21)/t17-;12-,17+;15-;11-,16+;11-,16-;14-/m011011/s1. The maximum Gasteiger partial charge on any atom is 0.289 e. The summed E-state index contributed by atoms with van der Waals surface area (Å²) in [5.41, 5.74) is 0.957. The van der Waals surface area contributed by atoms with Crippen molar-refractivity contribution in [1.82, 2.24) is 119 Å². The molecule has 9 atom stereocenters. The molecule has 0 unspecified atom stereocenters. The Labute approximate surface area is 812 Å². The van der Waals surface area contributed by atoms with Crippen molar-refractivity contribution in [2.24, 2.45) is 17.8 Å². The number of nitriles is 5. The fourth-order valence-corrected chi connectivity index (χ4v) is 24.0. The molecule has 0 radical (unpaired) electrons. The van der Waals surface area contributed by atoms with Crippen LogP contribution in [0.15, 0.2) is 112 Å². The summed E-state index contributed by atoms with van der Waals surface area (Å²) in [5.74, 6) is 1.63. The number of carbonyl (C=O) groups is 6. The van der Waals surface area contributed by atoms with Crippen LogP contribution in [0.25, 0.3) is 66.2 Å². The van der Waals surface area contributed by atoms with Crippen LogP contribution in [0, 0.1) is 86.8 Å². The third-order valence-corrected chi connectivity index (χ3v) is 31.6. The number of terminal acetylenes is 1. The second kappa shape index (κ2) is 38.0. The smallest absolute Gasteiger partial charge is 0.289 e. The lowest BCUT2D eigenvalue weighted by Gasteiger charge is -2.61. The van der Waals surface area contributed by atoms with E-state index in [0.29, 0.717) is 60.2 Å². The molecule has 0 aromatic carbocycles. The Bertz CT molecular complexity index is 6790. The monoisotopic (exact) mass is 1930 g/mol. The van der Waals surface area contributed by atoms with Crippen LogP contribution in [0.5, 0.6) is 0 Å². The molecule has 12 aromatic heterocycles. The van der Waals surface area contributed by atoms with E-state index in [-0.39, 0.29) is 110 Å². The number of halogens is 4. The average Bonchev–Trinajstić information content (AvgIpc) is 1.64. The summed E-state index contributed by atoms with van der Waals surface area (Å²) in [6.07, 6.45) is 32.4. The van der Waals surface area contributed by atoms with E-state index in [1.807, 2.05) is 92.9 Å². The minimum atomic E-state index is -2.97. The zero-order valence-electron chi connectivity index (χ0n) is 78.7. The summed E-state index contributed by atoms with van der Waals surface area (Å²) in [6.45, 7) is 16.0. The normalized spacial score (nSPS) is 25.5. The van der Waals surface area contributed by atoms with Gasteiger partial charge < -0.3 is 88.7 Å². The number of piperidine rings is 2. The second-order valence-corrected chi connectivity index (χ2v) is 38.7. The lowest BCUT2D eigenvalue weighted by molar-refractivity contribution is -0.243. The number of likely N-dealkylation sites (tertiary alicyclic amines) is 6. The van der Waals surface area contributed by atoms with E-state index in [1.54, 1.807) is 65.7 Å². The first-order valence-corrected chi connectivity index (χ1v) is 47.7. The molecule has 12 aliphatic heterocycles. The van der Waals surface area contributed by atoms with Crippen molar-refractivity contribution >= 4 is 137 Å². The van der Waals surface area contributed by atoms with E-state index < -0.39 is 47.8 Å². The molecule has 12 saturated heterocycles. The summed E-state index contributed by atoms with van der Waals surface area (Å²) < 4.78 is 57.8. The van der Waals surface area contributed by atoms with Crippen molar-refractivity contribution in [1.29, 1.82) is 26.3 Å². The summed E-state index contributed by atoms with van der Waals surface area (Å²) >= 11 is 0. The zero-order chi connectivity index (χ0) is 99.3. The maximum absolute atomic E-state index is 14.5. The molecular weight excluding hydrogens is 1830 g/mol. The highest BCUT2D eigenvalue weighted by Gasteiger charge is 2.72. The number of nitrogens with zero attached hydrogens (tertiary/aromatic N) is 29. The highest BCUT2D eigenvalue weighted by molar-refractivity contribution is 5.94. The Morgan fingerprint density at radius 3 is 0.866 bits per heavy atom. The van der Waals surface area contributed by atoms with Gasteiger partial charge in [0, 0.05) is 142 Å². The van der Waals surface area contributed by atoms with Gasteiger partial charge in [-0.3, -0.25) is 28.8 Å².